The molecule has 0 spiro atoms. The fraction of sp³-hybridized carbons (Fsp3) is 0.143. The number of hydrogen-bond acceptors (Lipinski definition) is 3. The van der Waals surface area contributed by atoms with Crippen LogP contribution in [0.5, 0.6) is 0 Å². The zero-order chi connectivity index (χ0) is 14.5. The highest BCUT2D eigenvalue weighted by Gasteiger charge is 2.11. The number of methoxy groups -OCH3 is 1. The van der Waals surface area contributed by atoms with E-state index in [2.05, 4.69) is 42.2 Å². The molecule has 1 amide bonds. The fourth-order valence-electron chi connectivity index (χ4n) is 1.67. The number of rotatable bonds is 4. The second kappa shape index (κ2) is 6.97. The molecule has 0 saturated carbocycles. The molecule has 0 unspecified atom stereocenters. The Hall–Kier alpha value is -1.24. The van der Waals surface area contributed by atoms with Gasteiger partial charge in [0.05, 0.1) is 12.2 Å². The third-order valence-electron chi connectivity index (χ3n) is 2.65. The Bertz CT molecular complexity index is 615. The van der Waals surface area contributed by atoms with E-state index in [0.717, 1.165) is 10.0 Å². The molecule has 1 N–H and O–H groups in total. The third-order valence-corrected chi connectivity index (χ3v) is 3.86. The van der Waals surface area contributed by atoms with Crippen molar-refractivity contribution < 1.29 is 9.53 Å². The standard InChI is InChI=1S/C14H12Br2N2O2/c1-20-8-10-11(15)3-2-4-12(10)18-14(19)9-5-6-13(16)17-7-9/h2-7H,8H2,1H3,(H,18,19). The summed E-state index contributed by atoms with van der Waals surface area (Å²) in [6.07, 6.45) is 1.52. The first-order valence-corrected chi connectivity index (χ1v) is 7.39. The molecule has 0 fully saturated rings. The number of nitrogens with zero attached hydrogens (tertiary/aromatic N) is 1. The number of anilines is 1. The first-order chi connectivity index (χ1) is 9.61. The molecule has 2 aromatic rings. The number of aromatic nitrogens is 1. The van der Waals surface area contributed by atoms with E-state index in [-0.39, 0.29) is 5.91 Å². The Kier molecular flexibility index (Phi) is 5.28. The van der Waals surface area contributed by atoms with Gasteiger partial charge in [0.15, 0.2) is 0 Å². The molecule has 6 heteroatoms. The lowest BCUT2D eigenvalue weighted by Crippen LogP contribution is -2.14. The predicted octanol–water partition coefficient (Wildman–Crippen LogP) is 4.01. The number of pyridine rings is 1. The average molecular weight is 400 g/mol. The van der Waals surface area contributed by atoms with E-state index in [1.807, 2.05) is 18.2 Å². The first kappa shape index (κ1) is 15.2. The molecular formula is C14H12Br2N2O2. The third kappa shape index (κ3) is 3.65. The fourth-order valence-corrected chi connectivity index (χ4v) is 2.39. The highest BCUT2D eigenvalue weighted by Crippen LogP contribution is 2.26. The highest BCUT2D eigenvalue weighted by atomic mass is 79.9. The van der Waals surface area contributed by atoms with Crippen LogP contribution in [0.25, 0.3) is 0 Å². The van der Waals surface area contributed by atoms with Crippen molar-refractivity contribution in [3.8, 4) is 0 Å². The van der Waals surface area contributed by atoms with Crippen molar-refractivity contribution >= 4 is 43.5 Å². The summed E-state index contributed by atoms with van der Waals surface area (Å²) in [4.78, 5) is 16.2. The van der Waals surface area contributed by atoms with Crippen LogP contribution < -0.4 is 5.32 Å². The van der Waals surface area contributed by atoms with E-state index in [9.17, 15) is 4.79 Å². The SMILES string of the molecule is COCc1c(Br)cccc1NC(=O)c1ccc(Br)nc1. The molecule has 0 saturated heterocycles. The lowest BCUT2D eigenvalue weighted by atomic mass is 10.1. The van der Waals surface area contributed by atoms with Crippen molar-refractivity contribution in [3.63, 3.8) is 0 Å². The van der Waals surface area contributed by atoms with Crippen LogP contribution in [0, 0.1) is 0 Å². The summed E-state index contributed by atoms with van der Waals surface area (Å²) >= 11 is 6.69. The van der Waals surface area contributed by atoms with Gasteiger partial charge in [-0.05, 0) is 40.2 Å². The van der Waals surface area contributed by atoms with Crippen molar-refractivity contribution in [2.75, 3.05) is 12.4 Å². The number of ether oxygens (including phenoxy) is 1. The zero-order valence-electron chi connectivity index (χ0n) is 10.7. The minimum absolute atomic E-state index is 0.208. The van der Waals surface area contributed by atoms with Crippen LogP contribution in [0.3, 0.4) is 0 Å². The number of carbonyl (C=O) groups excluding carboxylic acids is 1. The lowest BCUT2D eigenvalue weighted by molar-refractivity contribution is 0.102. The number of carbonyl (C=O) groups is 1. The van der Waals surface area contributed by atoms with Crippen LogP contribution in [0.2, 0.25) is 0 Å². The molecule has 1 aromatic carbocycles. The normalized spacial score (nSPS) is 10.3. The minimum atomic E-state index is -0.208. The maximum absolute atomic E-state index is 12.2. The molecule has 1 aromatic heterocycles. The van der Waals surface area contributed by atoms with Crippen LogP contribution in [0.1, 0.15) is 15.9 Å². The summed E-state index contributed by atoms with van der Waals surface area (Å²) in [5, 5.41) is 2.87. The van der Waals surface area contributed by atoms with E-state index in [1.54, 1.807) is 19.2 Å². The van der Waals surface area contributed by atoms with Gasteiger partial charge in [-0.2, -0.15) is 0 Å². The number of hydrogen-bond donors (Lipinski definition) is 1. The van der Waals surface area contributed by atoms with Gasteiger partial charge in [-0.15, -0.1) is 0 Å². The molecule has 0 aliphatic rings. The summed E-state index contributed by atoms with van der Waals surface area (Å²) in [6, 6.07) is 9.04. The van der Waals surface area contributed by atoms with Crippen LogP contribution >= 0.6 is 31.9 Å². The number of nitrogens with one attached hydrogen (secondary N) is 1. The number of benzene rings is 1. The van der Waals surface area contributed by atoms with Crippen LogP contribution in [-0.4, -0.2) is 18.0 Å². The quantitative estimate of drug-likeness (QED) is 0.790. The van der Waals surface area contributed by atoms with Crippen LogP contribution in [-0.2, 0) is 11.3 Å². The molecule has 0 atom stereocenters. The van der Waals surface area contributed by atoms with Crippen LogP contribution in [0.15, 0.2) is 45.6 Å². The van der Waals surface area contributed by atoms with Crippen molar-refractivity contribution in [2.45, 2.75) is 6.61 Å². The van der Waals surface area contributed by atoms with Crippen molar-refractivity contribution in [1.29, 1.82) is 0 Å². The molecule has 0 bridgehead atoms. The first-order valence-electron chi connectivity index (χ1n) is 5.81. The molecule has 0 aliphatic carbocycles. The van der Waals surface area contributed by atoms with Gasteiger partial charge < -0.3 is 10.1 Å². The number of amides is 1. The summed E-state index contributed by atoms with van der Waals surface area (Å²) in [7, 11) is 1.61. The second-order valence-corrected chi connectivity index (χ2v) is 5.69. The molecule has 104 valence electrons. The summed E-state index contributed by atoms with van der Waals surface area (Å²) in [5.41, 5.74) is 2.11. The van der Waals surface area contributed by atoms with Gasteiger partial charge in [-0.25, -0.2) is 4.98 Å². The van der Waals surface area contributed by atoms with Crippen molar-refractivity contribution in [1.82, 2.24) is 4.98 Å². The average Bonchev–Trinajstić information content (AvgIpc) is 2.43. The molecule has 1 heterocycles. The van der Waals surface area contributed by atoms with Gasteiger partial charge in [-0.3, -0.25) is 4.79 Å². The largest absolute Gasteiger partial charge is 0.380 e. The van der Waals surface area contributed by atoms with Gasteiger partial charge in [0, 0.05) is 29.0 Å². The van der Waals surface area contributed by atoms with E-state index >= 15 is 0 Å². The van der Waals surface area contributed by atoms with E-state index in [4.69, 9.17) is 4.74 Å². The Morgan fingerprint density at radius 2 is 2.10 bits per heavy atom. The smallest absolute Gasteiger partial charge is 0.257 e. The zero-order valence-corrected chi connectivity index (χ0v) is 13.9. The Morgan fingerprint density at radius 1 is 1.30 bits per heavy atom. The van der Waals surface area contributed by atoms with Gasteiger partial charge in [0.2, 0.25) is 0 Å². The topological polar surface area (TPSA) is 51.2 Å². The van der Waals surface area contributed by atoms with E-state index < -0.39 is 0 Å². The number of halogens is 2. The molecule has 0 radical (unpaired) electrons. The molecule has 0 aliphatic heterocycles. The maximum Gasteiger partial charge on any atom is 0.257 e. The van der Waals surface area contributed by atoms with E-state index in [0.29, 0.717) is 22.5 Å². The Balaban J connectivity index is 2.23. The van der Waals surface area contributed by atoms with Gasteiger partial charge in [0.25, 0.3) is 5.91 Å². The highest BCUT2D eigenvalue weighted by molar-refractivity contribution is 9.10. The van der Waals surface area contributed by atoms with Gasteiger partial charge >= 0.3 is 0 Å². The Labute approximate surface area is 133 Å². The van der Waals surface area contributed by atoms with Crippen molar-refractivity contribution in [2.24, 2.45) is 0 Å². The second-order valence-electron chi connectivity index (χ2n) is 4.02. The summed E-state index contributed by atoms with van der Waals surface area (Å²) < 4.78 is 6.74. The van der Waals surface area contributed by atoms with Crippen molar-refractivity contribution in [3.05, 3.63) is 56.7 Å². The minimum Gasteiger partial charge on any atom is -0.380 e. The lowest BCUT2D eigenvalue weighted by Gasteiger charge is -2.12. The van der Waals surface area contributed by atoms with Gasteiger partial charge in [-0.1, -0.05) is 22.0 Å². The Morgan fingerprint density at radius 3 is 2.75 bits per heavy atom. The van der Waals surface area contributed by atoms with Gasteiger partial charge in [0.1, 0.15) is 4.60 Å². The molecule has 20 heavy (non-hydrogen) atoms. The summed E-state index contributed by atoms with van der Waals surface area (Å²) in [5.74, 6) is -0.208. The molecule has 4 nitrogen and oxygen atoms in total. The monoisotopic (exact) mass is 398 g/mol. The summed E-state index contributed by atoms with van der Waals surface area (Å²) in [6.45, 7) is 0.412. The molecular weight excluding hydrogens is 388 g/mol. The van der Waals surface area contributed by atoms with E-state index in [1.165, 1.54) is 6.20 Å². The predicted molar refractivity (Wildman–Crippen MR) is 84.7 cm³/mol. The van der Waals surface area contributed by atoms with Crippen LogP contribution in [0.4, 0.5) is 5.69 Å². The maximum atomic E-state index is 12.2. The molecule has 2 rings (SSSR count).